The number of phenols is 1. The molecule has 0 aliphatic heterocycles. The third-order valence-electron chi connectivity index (χ3n) is 5.46. The number of hydrogen-bond donors (Lipinski definition) is 2. The van der Waals surface area contributed by atoms with Crippen LogP contribution in [-0.2, 0) is 13.0 Å². The number of benzene rings is 2. The molecule has 1 aliphatic carbocycles. The Morgan fingerprint density at radius 1 is 1.25 bits per heavy atom. The molecular formula is C22H24N4O2. The van der Waals surface area contributed by atoms with Crippen molar-refractivity contribution in [3.05, 3.63) is 58.4 Å². The van der Waals surface area contributed by atoms with Crippen molar-refractivity contribution in [3.8, 4) is 5.75 Å². The van der Waals surface area contributed by atoms with Crippen LogP contribution in [0.4, 0.5) is 0 Å². The van der Waals surface area contributed by atoms with E-state index in [1.165, 1.54) is 0 Å². The van der Waals surface area contributed by atoms with E-state index in [9.17, 15) is 9.90 Å². The number of imidazole rings is 1. The summed E-state index contributed by atoms with van der Waals surface area (Å²) in [5, 5.41) is 14.7. The van der Waals surface area contributed by atoms with Crippen LogP contribution < -0.4 is 5.43 Å². The highest BCUT2D eigenvalue weighted by Gasteiger charge is 2.21. The quantitative estimate of drug-likeness (QED) is 0.682. The Hall–Kier alpha value is -3.15. The SMILES string of the molecule is CCn1c(C)nc2cc(C(=O)N/N=C3\CCCc4c(C)ccc(O)c43)ccc21. The molecule has 1 heterocycles. The highest BCUT2D eigenvalue weighted by Crippen LogP contribution is 2.31. The summed E-state index contributed by atoms with van der Waals surface area (Å²) in [7, 11) is 0. The molecule has 3 aromatic rings. The van der Waals surface area contributed by atoms with Gasteiger partial charge in [-0.05, 0) is 75.4 Å². The van der Waals surface area contributed by atoms with Gasteiger partial charge in [-0.1, -0.05) is 6.07 Å². The summed E-state index contributed by atoms with van der Waals surface area (Å²) in [6, 6.07) is 9.12. The molecule has 0 radical (unpaired) electrons. The Morgan fingerprint density at radius 3 is 2.86 bits per heavy atom. The second kappa shape index (κ2) is 7.11. The van der Waals surface area contributed by atoms with Crippen molar-refractivity contribution in [2.75, 3.05) is 0 Å². The molecule has 6 heteroatoms. The van der Waals surface area contributed by atoms with Crippen molar-refractivity contribution in [3.63, 3.8) is 0 Å². The lowest BCUT2D eigenvalue weighted by Crippen LogP contribution is -2.22. The normalized spacial score (nSPS) is 15.0. The molecule has 4 rings (SSSR count). The summed E-state index contributed by atoms with van der Waals surface area (Å²) >= 11 is 0. The number of carbonyl (C=O) groups is 1. The minimum Gasteiger partial charge on any atom is -0.507 e. The van der Waals surface area contributed by atoms with Gasteiger partial charge in [0, 0.05) is 17.7 Å². The van der Waals surface area contributed by atoms with Gasteiger partial charge in [-0.2, -0.15) is 5.10 Å². The fraction of sp³-hybridized carbons (Fsp3) is 0.318. The molecule has 0 unspecified atom stereocenters. The van der Waals surface area contributed by atoms with E-state index in [0.29, 0.717) is 5.56 Å². The first-order chi connectivity index (χ1) is 13.5. The number of aromatic hydroxyl groups is 1. The number of rotatable bonds is 3. The van der Waals surface area contributed by atoms with Crippen LogP contribution in [0.3, 0.4) is 0 Å². The minimum atomic E-state index is -0.280. The fourth-order valence-corrected chi connectivity index (χ4v) is 4.03. The lowest BCUT2D eigenvalue weighted by Gasteiger charge is -2.21. The highest BCUT2D eigenvalue weighted by molar-refractivity contribution is 6.06. The highest BCUT2D eigenvalue weighted by atomic mass is 16.3. The third-order valence-corrected chi connectivity index (χ3v) is 5.46. The zero-order chi connectivity index (χ0) is 19.8. The number of aromatic nitrogens is 2. The van der Waals surface area contributed by atoms with Gasteiger partial charge in [0.15, 0.2) is 0 Å². The van der Waals surface area contributed by atoms with Gasteiger partial charge >= 0.3 is 0 Å². The van der Waals surface area contributed by atoms with Crippen LogP contribution >= 0.6 is 0 Å². The lowest BCUT2D eigenvalue weighted by molar-refractivity contribution is 0.0955. The van der Waals surface area contributed by atoms with Crippen LogP contribution in [0.15, 0.2) is 35.4 Å². The third kappa shape index (κ3) is 3.05. The van der Waals surface area contributed by atoms with E-state index in [2.05, 4.69) is 27.0 Å². The standard InChI is InChI=1S/C22H24N4O2/c1-4-26-14(3)23-18-12-15(9-10-19(18)26)22(28)25-24-17-7-5-6-16-13(2)8-11-20(27)21(16)17/h8-12,27H,4-7H2,1-3H3,(H,25,28)/b24-17+. The number of carbonyl (C=O) groups excluding carboxylic acids is 1. The molecule has 0 fully saturated rings. The number of phenolic OH excluding ortho intramolecular Hbond substituents is 1. The van der Waals surface area contributed by atoms with Crippen LogP contribution in [0.2, 0.25) is 0 Å². The predicted molar refractivity (Wildman–Crippen MR) is 110 cm³/mol. The Balaban J connectivity index is 1.62. The summed E-state index contributed by atoms with van der Waals surface area (Å²) in [6.45, 7) is 6.91. The van der Waals surface area contributed by atoms with Crippen molar-refractivity contribution in [1.29, 1.82) is 0 Å². The maximum Gasteiger partial charge on any atom is 0.271 e. The van der Waals surface area contributed by atoms with E-state index >= 15 is 0 Å². The van der Waals surface area contributed by atoms with Gasteiger partial charge < -0.3 is 9.67 Å². The summed E-state index contributed by atoms with van der Waals surface area (Å²) in [5.74, 6) is 0.868. The first-order valence-corrected chi connectivity index (χ1v) is 9.65. The van der Waals surface area contributed by atoms with Gasteiger partial charge in [-0.25, -0.2) is 10.4 Å². The van der Waals surface area contributed by atoms with E-state index in [0.717, 1.165) is 65.1 Å². The van der Waals surface area contributed by atoms with Crippen molar-refractivity contribution >= 4 is 22.7 Å². The second-order valence-corrected chi connectivity index (χ2v) is 7.21. The number of nitrogens with zero attached hydrogens (tertiary/aromatic N) is 3. The molecular weight excluding hydrogens is 352 g/mol. The second-order valence-electron chi connectivity index (χ2n) is 7.21. The fourth-order valence-electron chi connectivity index (χ4n) is 4.03. The van der Waals surface area contributed by atoms with Crippen molar-refractivity contribution < 1.29 is 9.90 Å². The van der Waals surface area contributed by atoms with E-state index < -0.39 is 0 Å². The Labute approximate surface area is 163 Å². The number of aryl methyl sites for hydroxylation is 3. The molecule has 0 spiro atoms. The van der Waals surface area contributed by atoms with Gasteiger partial charge in [0.25, 0.3) is 5.91 Å². The van der Waals surface area contributed by atoms with E-state index in [1.807, 2.05) is 26.0 Å². The summed E-state index contributed by atoms with van der Waals surface area (Å²) in [6.07, 6.45) is 2.59. The Kier molecular flexibility index (Phi) is 4.63. The van der Waals surface area contributed by atoms with E-state index in [4.69, 9.17) is 0 Å². The monoisotopic (exact) mass is 376 g/mol. The maximum absolute atomic E-state index is 12.6. The van der Waals surface area contributed by atoms with Crippen LogP contribution in [0, 0.1) is 13.8 Å². The van der Waals surface area contributed by atoms with Gasteiger partial charge in [-0.15, -0.1) is 0 Å². The maximum atomic E-state index is 12.6. The summed E-state index contributed by atoms with van der Waals surface area (Å²) < 4.78 is 2.11. The number of amides is 1. The average Bonchev–Trinajstić information content (AvgIpc) is 3.02. The number of hydrogen-bond acceptors (Lipinski definition) is 4. The van der Waals surface area contributed by atoms with Crippen molar-refractivity contribution in [2.24, 2.45) is 5.10 Å². The van der Waals surface area contributed by atoms with E-state index in [-0.39, 0.29) is 11.7 Å². The molecule has 1 aliphatic rings. The average molecular weight is 376 g/mol. The van der Waals surface area contributed by atoms with Crippen molar-refractivity contribution in [2.45, 2.75) is 46.6 Å². The van der Waals surface area contributed by atoms with Gasteiger partial charge in [0.05, 0.1) is 16.7 Å². The molecule has 6 nitrogen and oxygen atoms in total. The van der Waals surface area contributed by atoms with Crippen molar-refractivity contribution in [1.82, 2.24) is 15.0 Å². The first-order valence-electron chi connectivity index (χ1n) is 9.65. The van der Waals surface area contributed by atoms with Gasteiger partial charge in [0.2, 0.25) is 0 Å². The minimum absolute atomic E-state index is 0.218. The number of hydrazone groups is 1. The zero-order valence-corrected chi connectivity index (χ0v) is 16.4. The van der Waals surface area contributed by atoms with Crippen LogP contribution in [0.5, 0.6) is 5.75 Å². The molecule has 144 valence electrons. The molecule has 28 heavy (non-hydrogen) atoms. The largest absolute Gasteiger partial charge is 0.507 e. The molecule has 1 aromatic heterocycles. The number of fused-ring (bicyclic) bond motifs is 2. The Morgan fingerprint density at radius 2 is 2.07 bits per heavy atom. The predicted octanol–water partition coefficient (Wildman–Crippen LogP) is 3.85. The van der Waals surface area contributed by atoms with Gasteiger partial charge in [0.1, 0.15) is 11.6 Å². The molecule has 0 saturated heterocycles. The lowest BCUT2D eigenvalue weighted by atomic mass is 9.86. The van der Waals surface area contributed by atoms with Crippen LogP contribution in [0.1, 0.15) is 52.6 Å². The smallest absolute Gasteiger partial charge is 0.271 e. The van der Waals surface area contributed by atoms with Crippen LogP contribution in [-0.4, -0.2) is 26.3 Å². The number of nitrogens with one attached hydrogen (secondary N) is 1. The topological polar surface area (TPSA) is 79.5 Å². The Bertz CT molecular complexity index is 1110. The zero-order valence-electron chi connectivity index (χ0n) is 16.4. The molecule has 0 atom stereocenters. The van der Waals surface area contributed by atoms with Crippen LogP contribution in [0.25, 0.3) is 11.0 Å². The molecule has 2 N–H and O–H groups in total. The molecule has 1 amide bonds. The van der Waals surface area contributed by atoms with E-state index in [1.54, 1.807) is 18.2 Å². The summed E-state index contributed by atoms with van der Waals surface area (Å²) in [5.41, 5.74) is 8.73. The van der Waals surface area contributed by atoms with Gasteiger partial charge in [-0.3, -0.25) is 4.79 Å². The first kappa shape index (κ1) is 18.2. The molecule has 0 saturated carbocycles. The molecule has 0 bridgehead atoms. The summed E-state index contributed by atoms with van der Waals surface area (Å²) in [4.78, 5) is 17.2. The molecule has 2 aromatic carbocycles.